The van der Waals surface area contributed by atoms with Gasteiger partial charge in [0.1, 0.15) is 17.1 Å². The van der Waals surface area contributed by atoms with E-state index in [0.29, 0.717) is 5.92 Å². The molecule has 6 nitrogen and oxygen atoms in total. The molecule has 0 bridgehead atoms. The Morgan fingerprint density at radius 3 is 2.32 bits per heavy atom. The molecule has 4 aromatic rings. The zero-order chi connectivity index (χ0) is 26.4. The number of amides is 1. The Balaban J connectivity index is 1.27. The van der Waals surface area contributed by atoms with Crippen LogP contribution in [0.3, 0.4) is 0 Å². The molecule has 0 unspecified atom stereocenters. The number of nitrogens with zero attached hydrogens (tertiary/aromatic N) is 5. The summed E-state index contributed by atoms with van der Waals surface area (Å²) in [6.45, 7) is 15.4. The molecule has 0 aliphatic carbocycles. The maximum Gasteiger partial charge on any atom is 0.242 e. The number of likely N-dealkylation sites (tertiary alicyclic amines) is 1. The van der Waals surface area contributed by atoms with E-state index >= 15 is 0 Å². The maximum atomic E-state index is 13.0. The lowest BCUT2D eigenvalue weighted by atomic mass is 9.79. The molecule has 1 fully saturated rings. The number of hydrogen-bond donors (Lipinski definition) is 0. The van der Waals surface area contributed by atoms with Gasteiger partial charge < -0.3 is 9.47 Å². The predicted octanol–water partition coefficient (Wildman–Crippen LogP) is 6.56. The molecule has 1 amide bonds. The quantitative estimate of drug-likeness (QED) is 0.309. The van der Waals surface area contributed by atoms with E-state index in [4.69, 9.17) is 4.98 Å². The van der Waals surface area contributed by atoms with Crippen molar-refractivity contribution in [3.05, 3.63) is 65.1 Å². The van der Waals surface area contributed by atoms with E-state index in [0.717, 1.165) is 47.8 Å². The highest BCUT2D eigenvalue weighted by atomic mass is 32.1. The number of piperidine rings is 1. The summed E-state index contributed by atoms with van der Waals surface area (Å²) in [5.41, 5.74) is 6.79. The summed E-state index contributed by atoms with van der Waals surface area (Å²) in [5, 5.41) is 3.31. The van der Waals surface area contributed by atoms with Crippen LogP contribution in [0, 0.1) is 0 Å². The number of imidazole rings is 1. The van der Waals surface area contributed by atoms with Gasteiger partial charge in [-0.3, -0.25) is 4.79 Å². The van der Waals surface area contributed by atoms with Crippen molar-refractivity contribution in [1.29, 1.82) is 0 Å². The lowest BCUT2D eigenvalue weighted by Gasteiger charge is -2.31. The Hall–Kier alpha value is -3.06. The smallest absolute Gasteiger partial charge is 0.242 e. The Labute approximate surface area is 223 Å². The average Bonchev–Trinajstić information content (AvgIpc) is 3.51. The molecule has 0 saturated carbocycles. The van der Waals surface area contributed by atoms with Gasteiger partial charge in [-0.05, 0) is 59.1 Å². The van der Waals surface area contributed by atoms with Crippen molar-refractivity contribution in [3.8, 4) is 10.6 Å². The van der Waals surface area contributed by atoms with Gasteiger partial charge in [-0.15, -0.1) is 11.3 Å². The molecular weight excluding hydrogens is 478 g/mol. The Bertz CT molecular complexity index is 1380. The molecule has 1 saturated heterocycles. The van der Waals surface area contributed by atoms with Crippen LogP contribution in [0.2, 0.25) is 0 Å². The number of carbonyl (C=O) groups is 1. The van der Waals surface area contributed by atoms with Crippen LogP contribution in [0.4, 0.5) is 0 Å². The highest BCUT2D eigenvalue weighted by Gasteiger charge is 2.27. The number of carbonyl (C=O) groups excluding carboxylic acids is 1. The van der Waals surface area contributed by atoms with Crippen LogP contribution in [0.1, 0.15) is 77.1 Å². The second kappa shape index (κ2) is 9.67. The second-order valence-electron chi connectivity index (χ2n) is 12.3. The summed E-state index contributed by atoms with van der Waals surface area (Å²) < 4.78 is 1.84. The normalized spacial score (nSPS) is 15.5. The molecule has 7 heteroatoms. The van der Waals surface area contributed by atoms with Crippen molar-refractivity contribution < 1.29 is 4.79 Å². The van der Waals surface area contributed by atoms with E-state index in [1.54, 1.807) is 23.9 Å². The highest BCUT2D eigenvalue weighted by Crippen LogP contribution is 2.37. The van der Waals surface area contributed by atoms with Crippen molar-refractivity contribution in [2.45, 2.75) is 77.7 Å². The summed E-state index contributed by atoms with van der Waals surface area (Å²) in [5.74, 6) is 0.508. The lowest BCUT2D eigenvalue weighted by molar-refractivity contribution is -0.132. The van der Waals surface area contributed by atoms with Gasteiger partial charge in [-0.25, -0.2) is 15.0 Å². The van der Waals surface area contributed by atoms with Crippen LogP contribution in [0.25, 0.3) is 21.7 Å². The van der Waals surface area contributed by atoms with Gasteiger partial charge in [0, 0.05) is 36.1 Å². The number of fused-ring (bicyclic) bond motifs is 1. The SMILES string of the molecule is CC(C)(C)c1cc(-c2nc(C3CCN(C(=O)Cn4cnc5cccnc54)CC3)cs2)cc(C(C)(C)C)c1. The number of hydrogen-bond acceptors (Lipinski definition) is 5. The van der Waals surface area contributed by atoms with E-state index in [1.165, 1.54) is 16.7 Å². The van der Waals surface area contributed by atoms with Gasteiger partial charge in [-0.1, -0.05) is 47.6 Å². The number of thiazole rings is 1. The Morgan fingerprint density at radius 2 is 1.68 bits per heavy atom. The van der Waals surface area contributed by atoms with Crippen LogP contribution in [-0.4, -0.2) is 43.4 Å². The minimum atomic E-state index is 0.0779. The standard InChI is InChI=1S/C30H37N5OS/c1-29(2,3)22-14-21(15-23(16-22)30(4,5)6)28-33-25(18-37-28)20-9-12-34(13-10-20)26(36)17-35-19-32-24-8-7-11-31-27(24)35/h7-8,11,14-16,18-20H,9-10,12-13,17H2,1-6H3. The second-order valence-corrected chi connectivity index (χ2v) is 13.1. The minimum Gasteiger partial charge on any atom is -0.341 e. The number of benzene rings is 1. The first-order valence-corrected chi connectivity index (χ1v) is 14.0. The van der Waals surface area contributed by atoms with Crippen LogP contribution < -0.4 is 0 Å². The van der Waals surface area contributed by atoms with Crippen molar-refractivity contribution >= 4 is 28.4 Å². The first kappa shape index (κ1) is 25.6. The molecule has 5 rings (SSSR count). The Kier molecular flexibility index (Phi) is 6.69. The van der Waals surface area contributed by atoms with E-state index in [1.807, 2.05) is 21.6 Å². The monoisotopic (exact) mass is 515 g/mol. The zero-order valence-electron chi connectivity index (χ0n) is 22.8. The fourth-order valence-corrected chi connectivity index (χ4v) is 5.80. The topological polar surface area (TPSA) is 63.9 Å². The van der Waals surface area contributed by atoms with Gasteiger partial charge in [0.2, 0.25) is 5.91 Å². The Morgan fingerprint density at radius 1 is 1.00 bits per heavy atom. The van der Waals surface area contributed by atoms with Crippen LogP contribution in [-0.2, 0) is 22.2 Å². The first-order chi connectivity index (χ1) is 17.5. The van der Waals surface area contributed by atoms with E-state index in [9.17, 15) is 4.79 Å². The van der Waals surface area contributed by atoms with Gasteiger partial charge in [-0.2, -0.15) is 0 Å². The van der Waals surface area contributed by atoms with Gasteiger partial charge in [0.05, 0.1) is 12.0 Å². The minimum absolute atomic E-state index is 0.0779. The van der Waals surface area contributed by atoms with Gasteiger partial charge >= 0.3 is 0 Å². The number of rotatable bonds is 4. The van der Waals surface area contributed by atoms with Crippen molar-refractivity contribution in [2.24, 2.45) is 0 Å². The number of pyridine rings is 1. The van der Waals surface area contributed by atoms with Gasteiger partial charge in [0.25, 0.3) is 0 Å². The molecule has 1 aliphatic rings. The van der Waals surface area contributed by atoms with E-state index in [-0.39, 0.29) is 23.3 Å². The van der Waals surface area contributed by atoms with Crippen molar-refractivity contribution in [2.75, 3.05) is 13.1 Å². The third kappa shape index (κ3) is 5.47. The fourth-order valence-electron chi connectivity index (χ4n) is 4.91. The molecule has 37 heavy (non-hydrogen) atoms. The summed E-state index contributed by atoms with van der Waals surface area (Å²) in [4.78, 5) is 28.8. The molecule has 3 aromatic heterocycles. The molecule has 1 aliphatic heterocycles. The summed E-state index contributed by atoms with van der Waals surface area (Å²) in [6.07, 6.45) is 5.32. The fraction of sp³-hybridized carbons (Fsp3) is 0.467. The molecule has 1 aromatic carbocycles. The molecular formula is C30H37N5OS. The largest absolute Gasteiger partial charge is 0.341 e. The van der Waals surface area contributed by atoms with Gasteiger partial charge in [0.15, 0.2) is 5.65 Å². The third-order valence-electron chi connectivity index (χ3n) is 7.38. The van der Waals surface area contributed by atoms with Crippen LogP contribution >= 0.6 is 11.3 Å². The lowest BCUT2D eigenvalue weighted by Crippen LogP contribution is -2.39. The van der Waals surface area contributed by atoms with Crippen molar-refractivity contribution in [1.82, 2.24) is 24.4 Å². The van der Waals surface area contributed by atoms with Crippen LogP contribution in [0.15, 0.2) is 48.2 Å². The molecule has 0 N–H and O–H groups in total. The zero-order valence-corrected chi connectivity index (χ0v) is 23.6. The molecule has 0 spiro atoms. The third-order valence-corrected chi connectivity index (χ3v) is 8.29. The van der Waals surface area contributed by atoms with Crippen molar-refractivity contribution in [3.63, 3.8) is 0 Å². The molecule has 194 valence electrons. The predicted molar refractivity (Wildman–Crippen MR) is 151 cm³/mol. The van der Waals surface area contributed by atoms with E-state index < -0.39 is 0 Å². The highest BCUT2D eigenvalue weighted by molar-refractivity contribution is 7.13. The molecule has 0 radical (unpaired) electrons. The summed E-state index contributed by atoms with van der Waals surface area (Å²) in [7, 11) is 0. The van der Waals surface area contributed by atoms with Crippen LogP contribution in [0.5, 0.6) is 0 Å². The molecule has 0 atom stereocenters. The molecule has 4 heterocycles. The van der Waals surface area contributed by atoms with E-state index in [2.05, 4.69) is 75.1 Å². The summed E-state index contributed by atoms with van der Waals surface area (Å²) in [6, 6.07) is 10.8. The average molecular weight is 516 g/mol. The first-order valence-electron chi connectivity index (χ1n) is 13.1. The summed E-state index contributed by atoms with van der Waals surface area (Å²) >= 11 is 1.74. The maximum absolute atomic E-state index is 13.0. The number of aromatic nitrogens is 4.